The van der Waals surface area contributed by atoms with E-state index in [1.807, 2.05) is 12.1 Å². The van der Waals surface area contributed by atoms with Crippen LogP contribution >= 0.6 is 23.2 Å². The van der Waals surface area contributed by atoms with Crippen LogP contribution in [0.5, 0.6) is 0 Å². The molecule has 0 unspecified atom stereocenters. The molecule has 0 aliphatic carbocycles. The molecule has 13 heteroatoms. The van der Waals surface area contributed by atoms with Crippen LogP contribution in [0.3, 0.4) is 0 Å². The average molecular weight is 557 g/mol. The highest BCUT2D eigenvalue weighted by Crippen LogP contribution is 2.36. The van der Waals surface area contributed by atoms with Crippen LogP contribution < -0.4 is 4.72 Å². The van der Waals surface area contributed by atoms with Crippen molar-refractivity contribution >= 4 is 55.5 Å². The molecule has 0 saturated carbocycles. The summed E-state index contributed by atoms with van der Waals surface area (Å²) in [5.41, 5.74) is 0.426. The third kappa shape index (κ3) is 5.34. The molecular formula is C23H17Cl2F3N4O3S. The van der Waals surface area contributed by atoms with Crippen molar-refractivity contribution in [2.75, 3.05) is 18.6 Å². The summed E-state index contributed by atoms with van der Waals surface area (Å²) in [6.45, 7) is -0.0707. The lowest BCUT2D eigenvalue weighted by atomic mass is 10.0. The molecule has 188 valence electrons. The Morgan fingerprint density at radius 1 is 1.17 bits per heavy atom. The lowest BCUT2D eigenvalue weighted by Gasteiger charge is -2.16. The molecule has 2 aromatic carbocycles. The predicted molar refractivity (Wildman–Crippen MR) is 132 cm³/mol. The summed E-state index contributed by atoms with van der Waals surface area (Å²) in [5, 5.41) is 0.250. The summed E-state index contributed by atoms with van der Waals surface area (Å²) < 4.78 is 73.6. The molecule has 0 aliphatic rings. The van der Waals surface area contributed by atoms with E-state index in [0.717, 1.165) is 23.0 Å². The molecule has 0 fully saturated rings. The Morgan fingerprint density at radius 2 is 1.94 bits per heavy atom. The van der Waals surface area contributed by atoms with E-state index in [0.29, 0.717) is 11.6 Å². The second kappa shape index (κ2) is 10.1. The summed E-state index contributed by atoms with van der Waals surface area (Å²) in [6, 6.07) is 10.8. The van der Waals surface area contributed by atoms with Crippen molar-refractivity contribution < 1.29 is 26.3 Å². The fourth-order valence-corrected chi connectivity index (χ4v) is 4.97. The molecule has 0 amide bonds. The molecule has 7 nitrogen and oxygen atoms in total. The van der Waals surface area contributed by atoms with Gasteiger partial charge < -0.3 is 9.72 Å². The van der Waals surface area contributed by atoms with E-state index in [1.54, 1.807) is 18.3 Å². The fraction of sp³-hybridized carbons (Fsp3) is 0.130. The van der Waals surface area contributed by atoms with Crippen LogP contribution in [0, 0.1) is 0 Å². The Hall–Kier alpha value is -3.12. The van der Waals surface area contributed by atoms with E-state index in [9.17, 15) is 21.6 Å². The Balaban J connectivity index is 1.84. The molecular weight excluding hydrogens is 540 g/mol. The summed E-state index contributed by atoms with van der Waals surface area (Å²) in [4.78, 5) is 11.2. The number of benzene rings is 2. The van der Waals surface area contributed by atoms with Crippen LogP contribution in [0.15, 0.2) is 70.8 Å². The molecule has 2 heterocycles. The topological polar surface area (TPSA) is 96.4 Å². The van der Waals surface area contributed by atoms with Crippen molar-refractivity contribution in [3.63, 3.8) is 0 Å². The highest BCUT2D eigenvalue weighted by Gasteiger charge is 2.34. The largest absolute Gasteiger partial charge is 0.417 e. The number of fused-ring (bicyclic) bond motifs is 1. The first-order chi connectivity index (χ1) is 17.0. The maximum Gasteiger partial charge on any atom is 0.417 e. The third-order valence-corrected chi connectivity index (χ3v) is 6.98. The van der Waals surface area contributed by atoms with E-state index in [1.165, 1.54) is 19.4 Å². The van der Waals surface area contributed by atoms with Gasteiger partial charge >= 0.3 is 6.18 Å². The quantitative estimate of drug-likeness (QED) is 0.267. The Morgan fingerprint density at radius 3 is 2.67 bits per heavy atom. The highest BCUT2D eigenvalue weighted by atomic mass is 35.5. The van der Waals surface area contributed by atoms with E-state index in [2.05, 4.69) is 19.7 Å². The number of anilines is 1. The lowest BCUT2D eigenvalue weighted by Crippen LogP contribution is -2.18. The molecule has 0 aliphatic heterocycles. The zero-order chi connectivity index (χ0) is 26.1. The summed E-state index contributed by atoms with van der Waals surface area (Å²) >= 11 is 11.7. The fourth-order valence-electron chi connectivity index (χ4n) is 3.51. The van der Waals surface area contributed by atoms with Crippen LogP contribution in [0.1, 0.15) is 16.8 Å². The Labute approximate surface area is 214 Å². The van der Waals surface area contributed by atoms with Crippen LogP contribution in [0.4, 0.5) is 18.9 Å². The van der Waals surface area contributed by atoms with Gasteiger partial charge in [0.1, 0.15) is 12.4 Å². The first-order valence-corrected chi connectivity index (χ1v) is 12.4. The van der Waals surface area contributed by atoms with E-state index in [-0.39, 0.29) is 28.8 Å². The number of ether oxygens (including phenoxy) is 1. The molecule has 0 atom stereocenters. The molecule has 36 heavy (non-hydrogen) atoms. The van der Waals surface area contributed by atoms with Gasteiger partial charge in [0.05, 0.1) is 31.9 Å². The first-order valence-electron chi connectivity index (χ1n) is 10.2. The molecule has 0 bridgehead atoms. The maximum absolute atomic E-state index is 13.3. The van der Waals surface area contributed by atoms with Crippen LogP contribution in [-0.2, 0) is 20.9 Å². The number of nitrogens with zero attached hydrogens (tertiary/aromatic N) is 2. The number of halogens is 5. The van der Waals surface area contributed by atoms with Crippen molar-refractivity contribution in [2.24, 2.45) is 4.99 Å². The lowest BCUT2D eigenvalue weighted by molar-refractivity contribution is -0.137. The third-order valence-electron chi connectivity index (χ3n) is 5.08. The zero-order valence-electron chi connectivity index (χ0n) is 18.4. The van der Waals surface area contributed by atoms with Crippen LogP contribution in [0.2, 0.25) is 10.0 Å². The minimum absolute atomic E-state index is 0.0707. The van der Waals surface area contributed by atoms with E-state index >= 15 is 0 Å². The van der Waals surface area contributed by atoms with Gasteiger partial charge in [-0.25, -0.2) is 8.42 Å². The van der Waals surface area contributed by atoms with Gasteiger partial charge in [0, 0.05) is 36.0 Å². The minimum Gasteiger partial charge on any atom is -0.363 e. The number of aromatic nitrogens is 2. The molecule has 2 N–H and O–H groups in total. The summed E-state index contributed by atoms with van der Waals surface area (Å²) in [5.74, 6) is 0. The molecule has 4 aromatic rings. The Bertz CT molecular complexity index is 1570. The molecule has 0 saturated heterocycles. The predicted octanol–water partition coefficient (Wildman–Crippen LogP) is 6.13. The van der Waals surface area contributed by atoms with Gasteiger partial charge in [-0.1, -0.05) is 35.3 Å². The smallest absolute Gasteiger partial charge is 0.363 e. The molecule has 0 radical (unpaired) electrons. The summed E-state index contributed by atoms with van der Waals surface area (Å²) in [6.07, 6.45) is -1.81. The average Bonchev–Trinajstić information content (AvgIpc) is 3.29. The molecule has 0 spiro atoms. The van der Waals surface area contributed by atoms with Gasteiger partial charge in [0.15, 0.2) is 0 Å². The number of methoxy groups -OCH3 is 1. The number of alkyl halides is 3. The first kappa shape index (κ1) is 26.0. The second-order valence-corrected chi connectivity index (χ2v) is 9.99. The second-order valence-electron chi connectivity index (χ2n) is 7.46. The van der Waals surface area contributed by atoms with Gasteiger partial charge in [-0.05, 0) is 36.4 Å². The normalized spacial score (nSPS) is 12.8. The maximum atomic E-state index is 13.3. The molecule has 4 rings (SSSR count). The number of pyridine rings is 1. The Kier molecular flexibility index (Phi) is 7.28. The number of H-pyrrole nitrogens is 1. The summed E-state index contributed by atoms with van der Waals surface area (Å²) in [7, 11) is -3.08. The van der Waals surface area contributed by atoms with Crippen molar-refractivity contribution in [1.29, 1.82) is 0 Å². The van der Waals surface area contributed by atoms with E-state index in [4.69, 9.17) is 27.9 Å². The number of aromatic amines is 1. The van der Waals surface area contributed by atoms with Gasteiger partial charge in [0.2, 0.25) is 0 Å². The van der Waals surface area contributed by atoms with E-state index < -0.39 is 31.7 Å². The van der Waals surface area contributed by atoms with Crippen molar-refractivity contribution in [3.8, 4) is 0 Å². The van der Waals surface area contributed by atoms with Crippen molar-refractivity contribution in [2.45, 2.75) is 11.1 Å². The number of nitrogens with one attached hydrogen (secondary N) is 2. The monoisotopic (exact) mass is 556 g/mol. The number of sulfonamides is 1. The minimum atomic E-state index is -4.85. The van der Waals surface area contributed by atoms with Crippen LogP contribution in [-0.4, -0.2) is 37.9 Å². The number of aliphatic imine (C=N–C) groups is 1. The number of hydrogen-bond donors (Lipinski definition) is 2. The van der Waals surface area contributed by atoms with Gasteiger partial charge in [0.25, 0.3) is 10.0 Å². The highest BCUT2D eigenvalue weighted by molar-refractivity contribution is 7.92. The number of hydrogen-bond acceptors (Lipinski definition) is 5. The van der Waals surface area contributed by atoms with Crippen LogP contribution in [0.25, 0.3) is 10.9 Å². The standard InChI is InChI=1S/C23H17Cl2F3N4O3S/c1-35-12-31-21(16-3-2-4-19-15(16)7-8-29-19)22-20(9-13(24)11-30-22)32-36(33,34)14-5-6-18(25)17(10-14)23(26,27)28/h2-11,29,32H,12H2,1H3/b31-21+. The SMILES string of the molecule is COC/N=C(/c1ncc(Cl)cc1NS(=O)(=O)c1ccc(Cl)c(C(F)(F)F)c1)c1cccc2[nH]ccc12. The van der Waals surface area contributed by atoms with Crippen molar-refractivity contribution in [3.05, 3.63) is 87.8 Å². The van der Waals surface area contributed by atoms with Crippen molar-refractivity contribution in [1.82, 2.24) is 9.97 Å². The zero-order valence-corrected chi connectivity index (χ0v) is 20.7. The van der Waals surface area contributed by atoms with Gasteiger partial charge in [-0.2, -0.15) is 13.2 Å². The number of rotatable bonds is 7. The van der Waals surface area contributed by atoms with Gasteiger partial charge in [-0.15, -0.1) is 0 Å². The van der Waals surface area contributed by atoms with Gasteiger partial charge in [-0.3, -0.25) is 14.7 Å². The molecule has 2 aromatic heterocycles.